The van der Waals surface area contributed by atoms with E-state index in [1.54, 1.807) is 22.7 Å². The van der Waals surface area contributed by atoms with Crippen molar-refractivity contribution in [1.29, 1.82) is 0 Å². The van der Waals surface area contributed by atoms with Gasteiger partial charge in [0.2, 0.25) is 0 Å². The zero-order chi connectivity index (χ0) is 11.5. The van der Waals surface area contributed by atoms with Crippen LogP contribution in [-0.2, 0) is 6.42 Å². The lowest BCUT2D eigenvalue weighted by Crippen LogP contribution is -2.29. The van der Waals surface area contributed by atoms with Gasteiger partial charge in [0.05, 0.1) is 16.7 Å². The molecule has 0 bridgehead atoms. The van der Waals surface area contributed by atoms with Crippen LogP contribution in [0.15, 0.2) is 16.8 Å². The minimum atomic E-state index is 0.168. The molecule has 3 N–H and O–H groups in total. The molecule has 0 aromatic carbocycles. The number of thiazole rings is 1. The van der Waals surface area contributed by atoms with Gasteiger partial charge in [0.25, 0.3) is 0 Å². The molecule has 1 unspecified atom stereocenters. The average Bonchev–Trinajstić information content (AvgIpc) is 2.84. The molecule has 16 heavy (non-hydrogen) atoms. The fraction of sp³-hybridized carbons (Fsp3) is 0.364. The Hall–Kier alpha value is -0.750. The molecule has 0 aliphatic rings. The van der Waals surface area contributed by atoms with Crippen molar-refractivity contribution in [3.63, 3.8) is 0 Å². The first-order valence-corrected chi connectivity index (χ1v) is 6.87. The number of nitrogens with zero attached hydrogens (tertiary/aromatic N) is 1. The SMILES string of the molecule is Cc1nc(CC(NN)c2sccc2C)cs1. The van der Waals surface area contributed by atoms with E-state index in [2.05, 4.69) is 34.2 Å². The number of nitrogens with one attached hydrogen (secondary N) is 1. The third kappa shape index (κ3) is 2.49. The summed E-state index contributed by atoms with van der Waals surface area (Å²) >= 11 is 3.42. The summed E-state index contributed by atoms with van der Waals surface area (Å²) in [7, 11) is 0. The molecule has 86 valence electrons. The van der Waals surface area contributed by atoms with Crippen molar-refractivity contribution >= 4 is 22.7 Å². The highest BCUT2D eigenvalue weighted by Crippen LogP contribution is 2.26. The smallest absolute Gasteiger partial charge is 0.0897 e. The predicted molar refractivity (Wildman–Crippen MR) is 69.7 cm³/mol. The number of hydrogen-bond donors (Lipinski definition) is 2. The van der Waals surface area contributed by atoms with Crippen LogP contribution in [-0.4, -0.2) is 4.98 Å². The second-order valence-corrected chi connectivity index (χ2v) is 5.76. The maximum atomic E-state index is 5.62. The fourth-order valence-corrected chi connectivity index (χ4v) is 3.29. The van der Waals surface area contributed by atoms with Crippen LogP contribution in [0.2, 0.25) is 0 Å². The Kier molecular flexibility index (Phi) is 3.70. The third-order valence-electron chi connectivity index (χ3n) is 2.50. The molecule has 2 heterocycles. The van der Waals surface area contributed by atoms with E-state index in [4.69, 9.17) is 5.84 Å². The van der Waals surface area contributed by atoms with E-state index in [1.165, 1.54) is 10.4 Å². The molecular weight excluding hydrogens is 238 g/mol. The van der Waals surface area contributed by atoms with Crippen molar-refractivity contribution < 1.29 is 0 Å². The van der Waals surface area contributed by atoms with Gasteiger partial charge in [0, 0.05) is 16.7 Å². The highest BCUT2D eigenvalue weighted by atomic mass is 32.1. The quantitative estimate of drug-likeness (QED) is 0.650. The number of aromatic nitrogens is 1. The standard InChI is InChI=1S/C11H15N3S2/c1-7-3-4-15-11(7)10(14-12)5-9-6-16-8(2)13-9/h3-4,6,10,14H,5,12H2,1-2H3. The van der Waals surface area contributed by atoms with Gasteiger partial charge >= 0.3 is 0 Å². The van der Waals surface area contributed by atoms with Crippen molar-refractivity contribution in [2.75, 3.05) is 0 Å². The number of hydrogen-bond acceptors (Lipinski definition) is 5. The normalized spacial score (nSPS) is 12.9. The molecule has 0 saturated heterocycles. The van der Waals surface area contributed by atoms with Crippen LogP contribution in [0.1, 0.15) is 27.2 Å². The van der Waals surface area contributed by atoms with Crippen LogP contribution in [0.5, 0.6) is 0 Å². The van der Waals surface area contributed by atoms with Gasteiger partial charge in [-0.2, -0.15) is 0 Å². The van der Waals surface area contributed by atoms with Gasteiger partial charge < -0.3 is 0 Å². The minimum Gasteiger partial charge on any atom is -0.271 e. The number of hydrazine groups is 1. The van der Waals surface area contributed by atoms with Gasteiger partial charge in [0.15, 0.2) is 0 Å². The maximum Gasteiger partial charge on any atom is 0.0897 e. The van der Waals surface area contributed by atoms with E-state index in [9.17, 15) is 0 Å². The molecule has 0 fully saturated rings. The average molecular weight is 253 g/mol. The van der Waals surface area contributed by atoms with E-state index in [1.807, 2.05) is 6.92 Å². The van der Waals surface area contributed by atoms with Gasteiger partial charge in [-0.25, -0.2) is 4.98 Å². The summed E-state index contributed by atoms with van der Waals surface area (Å²) in [6.45, 7) is 4.14. The topological polar surface area (TPSA) is 50.9 Å². The highest BCUT2D eigenvalue weighted by Gasteiger charge is 2.15. The molecular formula is C11H15N3S2. The van der Waals surface area contributed by atoms with E-state index < -0.39 is 0 Å². The Morgan fingerprint density at radius 2 is 2.25 bits per heavy atom. The molecule has 5 heteroatoms. The van der Waals surface area contributed by atoms with Crippen molar-refractivity contribution in [2.24, 2.45) is 5.84 Å². The molecule has 0 amide bonds. The Balaban J connectivity index is 2.15. The number of thiophene rings is 1. The summed E-state index contributed by atoms with van der Waals surface area (Å²) in [4.78, 5) is 5.76. The summed E-state index contributed by atoms with van der Waals surface area (Å²) in [5.74, 6) is 5.62. The first-order valence-electron chi connectivity index (χ1n) is 5.12. The Morgan fingerprint density at radius 1 is 1.44 bits per heavy atom. The van der Waals surface area contributed by atoms with Crippen LogP contribution in [0.25, 0.3) is 0 Å². The molecule has 0 aliphatic heterocycles. The second kappa shape index (κ2) is 5.05. The molecule has 1 atom stereocenters. The van der Waals surface area contributed by atoms with Gasteiger partial charge in [-0.1, -0.05) is 0 Å². The summed E-state index contributed by atoms with van der Waals surface area (Å²) < 4.78 is 0. The van der Waals surface area contributed by atoms with Gasteiger partial charge in [-0.05, 0) is 30.9 Å². The second-order valence-electron chi connectivity index (χ2n) is 3.75. The van der Waals surface area contributed by atoms with Crippen molar-refractivity contribution in [1.82, 2.24) is 10.4 Å². The molecule has 2 aromatic heterocycles. The van der Waals surface area contributed by atoms with Gasteiger partial charge in [0.1, 0.15) is 0 Å². The Bertz CT molecular complexity index is 461. The van der Waals surface area contributed by atoms with E-state index >= 15 is 0 Å². The largest absolute Gasteiger partial charge is 0.271 e. The van der Waals surface area contributed by atoms with Gasteiger partial charge in [-0.15, -0.1) is 22.7 Å². The Labute approximate surface area is 103 Å². The lowest BCUT2D eigenvalue weighted by Gasteiger charge is -2.14. The summed E-state index contributed by atoms with van der Waals surface area (Å²) in [5, 5.41) is 5.30. The predicted octanol–water partition coefficient (Wildman–Crippen LogP) is 2.57. The number of rotatable bonds is 4. The van der Waals surface area contributed by atoms with Crippen LogP contribution in [0.4, 0.5) is 0 Å². The van der Waals surface area contributed by atoms with Crippen molar-refractivity contribution in [3.8, 4) is 0 Å². The number of nitrogens with two attached hydrogens (primary N) is 1. The highest BCUT2D eigenvalue weighted by molar-refractivity contribution is 7.10. The minimum absolute atomic E-state index is 0.168. The van der Waals surface area contributed by atoms with Gasteiger partial charge in [-0.3, -0.25) is 11.3 Å². The van der Waals surface area contributed by atoms with E-state index in [0.717, 1.165) is 17.1 Å². The lowest BCUT2D eigenvalue weighted by molar-refractivity contribution is 0.553. The zero-order valence-corrected chi connectivity index (χ0v) is 11.0. The van der Waals surface area contributed by atoms with Crippen LogP contribution in [0, 0.1) is 13.8 Å². The van der Waals surface area contributed by atoms with Crippen LogP contribution in [0.3, 0.4) is 0 Å². The monoisotopic (exact) mass is 253 g/mol. The molecule has 0 radical (unpaired) electrons. The molecule has 2 rings (SSSR count). The van der Waals surface area contributed by atoms with E-state index in [-0.39, 0.29) is 6.04 Å². The fourth-order valence-electron chi connectivity index (χ4n) is 1.68. The molecule has 0 spiro atoms. The van der Waals surface area contributed by atoms with Crippen molar-refractivity contribution in [3.05, 3.63) is 38.0 Å². The first kappa shape index (κ1) is 11.7. The first-order chi connectivity index (χ1) is 7.70. The Morgan fingerprint density at radius 3 is 2.75 bits per heavy atom. The maximum absolute atomic E-state index is 5.62. The zero-order valence-electron chi connectivity index (χ0n) is 9.36. The summed E-state index contributed by atoms with van der Waals surface area (Å²) in [6, 6.07) is 2.29. The van der Waals surface area contributed by atoms with Crippen LogP contribution >= 0.6 is 22.7 Å². The van der Waals surface area contributed by atoms with Crippen molar-refractivity contribution in [2.45, 2.75) is 26.3 Å². The van der Waals surface area contributed by atoms with E-state index in [0.29, 0.717) is 0 Å². The summed E-state index contributed by atoms with van der Waals surface area (Å²) in [6.07, 6.45) is 0.849. The molecule has 2 aromatic rings. The third-order valence-corrected chi connectivity index (χ3v) is 4.45. The summed E-state index contributed by atoms with van der Waals surface area (Å²) in [5.41, 5.74) is 5.28. The molecule has 0 aliphatic carbocycles. The van der Waals surface area contributed by atoms with Crippen LogP contribution < -0.4 is 11.3 Å². The number of aryl methyl sites for hydroxylation is 2. The molecule has 0 saturated carbocycles. The lowest BCUT2D eigenvalue weighted by atomic mass is 10.1. The molecule has 3 nitrogen and oxygen atoms in total.